The largest absolute Gasteiger partial charge is 0.368 e. The number of thioether (sulfide) groups is 1. The molecule has 0 bridgehead atoms. The molecular formula is C21H20Br2N2S. The van der Waals surface area contributed by atoms with Crippen LogP contribution in [0.3, 0.4) is 0 Å². The van der Waals surface area contributed by atoms with E-state index >= 15 is 0 Å². The number of benzene rings is 2. The van der Waals surface area contributed by atoms with E-state index in [1.165, 1.54) is 28.0 Å². The molecule has 2 aromatic rings. The van der Waals surface area contributed by atoms with Gasteiger partial charge in [0.05, 0.1) is 6.54 Å². The molecule has 2 unspecified atom stereocenters. The smallest absolute Gasteiger partial charge is 0.129 e. The average molecular weight is 492 g/mol. The highest BCUT2D eigenvalue weighted by atomic mass is 79.9. The van der Waals surface area contributed by atoms with E-state index in [1.807, 2.05) is 11.8 Å². The van der Waals surface area contributed by atoms with Gasteiger partial charge >= 0.3 is 0 Å². The maximum atomic E-state index is 4.61. The number of rotatable bonds is 6. The predicted molar refractivity (Wildman–Crippen MR) is 118 cm³/mol. The number of nitrogens with one attached hydrogen (secondary N) is 1. The van der Waals surface area contributed by atoms with Crippen LogP contribution in [0.4, 0.5) is 0 Å². The summed E-state index contributed by atoms with van der Waals surface area (Å²) in [6.45, 7) is 5.74. The van der Waals surface area contributed by atoms with Gasteiger partial charge in [-0.1, -0.05) is 44.0 Å². The first-order valence-electron chi connectivity index (χ1n) is 8.77. The summed E-state index contributed by atoms with van der Waals surface area (Å²) in [6.07, 6.45) is 3.33. The van der Waals surface area contributed by atoms with Gasteiger partial charge < -0.3 is 5.32 Å². The maximum absolute atomic E-state index is 4.61. The number of hydrogen-bond donors (Lipinski definition) is 1. The molecule has 2 atom stereocenters. The molecule has 4 rings (SSSR count). The lowest BCUT2D eigenvalue weighted by molar-refractivity contribution is 0.959. The number of nitrogens with zero attached hydrogens (tertiary/aromatic N) is 1. The van der Waals surface area contributed by atoms with Crippen molar-refractivity contribution in [3.8, 4) is 0 Å². The summed E-state index contributed by atoms with van der Waals surface area (Å²) >= 11 is 9.12. The van der Waals surface area contributed by atoms with E-state index in [0.29, 0.717) is 11.8 Å². The molecule has 1 fully saturated rings. The second-order valence-electron chi connectivity index (χ2n) is 6.67. The third-order valence-electron chi connectivity index (χ3n) is 4.90. The Kier molecular flexibility index (Phi) is 5.58. The van der Waals surface area contributed by atoms with Gasteiger partial charge in [-0.15, -0.1) is 18.3 Å². The van der Waals surface area contributed by atoms with Crippen LogP contribution in [0.1, 0.15) is 29.0 Å². The van der Waals surface area contributed by atoms with E-state index in [1.54, 1.807) is 0 Å². The molecule has 1 N–H and O–H groups in total. The van der Waals surface area contributed by atoms with Crippen molar-refractivity contribution in [2.24, 2.45) is 10.9 Å². The molecule has 2 aromatic carbocycles. The molecule has 1 heterocycles. The molecule has 2 nitrogen and oxygen atoms in total. The molecular weight excluding hydrogens is 472 g/mol. The van der Waals surface area contributed by atoms with Gasteiger partial charge in [0, 0.05) is 31.7 Å². The standard InChI is InChI=1S/C21H20Br2N2S/c1-2-13-10-18(13)17-5-3-15(22)9-14(17)12-26-20-6-4-16(23)11-19(20)21-24-7-8-25-21/h2-6,9,11,13,18H,1,7-8,10,12H2,(H,24,25). The highest BCUT2D eigenvalue weighted by Gasteiger charge is 2.36. The lowest BCUT2D eigenvalue weighted by Crippen LogP contribution is -2.20. The van der Waals surface area contributed by atoms with Gasteiger partial charge in [0.15, 0.2) is 0 Å². The van der Waals surface area contributed by atoms with Crippen LogP contribution in [0.2, 0.25) is 0 Å². The molecule has 0 saturated heterocycles. The zero-order chi connectivity index (χ0) is 18.1. The van der Waals surface area contributed by atoms with Crippen molar-refractivity contribution in [3.63, 3.8) is 0 Å². The van der Waals surface area contributed by atoms with Gasteiger partial charge in [-0.05, 0) is 59.7 Å². The molecule has 1 saturated carbocycles. The molecule has 0 amide bonds. The molecule has 134 valence electrons. The molecule has 5 heteroatoms. The van der Waals surface area contributed by atoms with Crippen molar-refractivity contribution in [2.45, 2.75) is 23.0 Å². The number of allylic oxidation sites excluding steroid dienone is 1. The zero-order valence-corrected chi connectivity index (χ0v) is 18.3. The molecule has 0 aromatic heterocycles. The van der Waals surface area contributed by atoms with E-state index in [-0.39, 0.29) is 0 Å². The molecule has 2 aliphatic rings. The van der Waals surface area contributed by atoms with E-state index in [9.17, 15) is 0 Å². The van der Waals surface area contributed by atoms with Gasteiger partial charge in [0.1, 0.15) is 5.84 Å². The van der Waals surface area contributed by atoms with Crippen molar-refractivity contribution in [1.82, 2.24) is 5.32 Å². The Morgan fingerprint density at radius 3 is 2.73 bits per heavy atom. The van der Waals surface area contributed by atoms with Crippen LogP contribution >= 0.6 is 43.6 Å². The summed E-state index contributed by atoms with van der Waals surface area (Å²) in [7, 11) is 0. The Morgan fingerprint density at radius 2 is 2.00 bits per heavy atom. The van der Waals surface area contributed by atoms with Crippen LogP contribution in [-0.4, -0.2) is 18.9 Å². The highest BCUT2D eigenvalue weighted by Crippen LogP contribution is 2.50. The number of amidine groups is 1. The fourth-order valence-electron chi connectivity index (χ4n) is 3.44. The van der Waals surface area contributed by atoms with Crippen molar-refractivity contribution in [3.05, 3.63) is 74.7 Å². The first kappa shape index (κ1) is 18.3. The van der Waals surface area contributed by atoms with Gasteiger partial charge in [-0.2, -0.15) is 0 Å². The Labute approximate surface area is 175 Å². The highest BCUT2D eigenvalue weighted by molar-refractivity contribution is 9.10. The Bertz CT molecular complexity index is 878. The van der Waals surface area contributed by atoms with Crippen LogP contribution in [0.5, 0.6) is 0 Å². The quantitative estimate of drug-likeness (QED) is 0.387. The Morgan fingerprint density at radius 1 is 1.19 bits per heavy atom. The number of halogens is 2. The maximum Gasteiger partial charge on any atom is 0.129 e. The Hall–Kier alpha value is -1.04. The SMILES string of the molecule is C=CC1CC1c1ccc(Br)cc1CSc1ccc(Br)cc1C1=NCCN1. The van der Waals surface area contributed by atoms with Crippen molar-refractivity contribution < 1.29 is 0 Å². The third kappa shape index (κ3) is 3.95. The van der Waals surface area contributed by atoms with Crippen LogP contribution in [0, 0.1) is 5.92 Å². The van der Waals surface area contributed by atoms with Crippen LogP contribution in [-0.2, 0) is 5.75 Å². The van der Waals surface area contributed by atoms with Crippen LogP contribution in [0.15, 0.2) is 67.9 Å². The van der Waals surface area contributed by atoms with E-state index in [2.05, 4.69) is 91.2 Å². The molecule has 1 aliphatic carbocycles. The second kappa shape index (κ2) is 7.91. The first-order chi connectivity index (χ1) is 12.7. The van der Waals surface area contributed by atoms with Gasteiger partial charge in [0.2, 0.25) is 0 Å². The summed E-state index contributed by atoms with van der Waals surface area (Å²) in [5.41, 5.74) is 4.07. The fraction of sp³-hybridized carbons (Fsp3) is 0.286. The van der Waals surface area contributed by atoms with Crippen LogP contribution < -0.4 is 5.32 Å². The van der Waals surface area contributed by atoms with Crippen molar-refractivity contribution >= 4 is 49.5 Å². The topological polar surface area (TPSA) is 24.4 Å². The molecule has 26 heavy (non-hydrogen) atoms. The molecule has 0 spiro atoms. The minimum absolute atomic E-state index is 0.639. The van der Waals surface area contributed by atoms with Crippen molar-refractivity contribution in [2.75, 3.05) is 13.1 Å². The minimum atomic E-state index is 0.639. The summed E-state index contributed by atoms with van der Waals surface area (Å²) in [6, 6.07) is 13.2. The lowest BCUT2D eigenvalue weighted by Gasteiger charge is -2.13. The summed E-state index contributed by atoms with van der Waals surface area (Å²) < 4.78 is 2.23. The average Bonchev–Trinajstić information content (AvgIpc) is 3.21. The second-order valence-corrected chi connectivity index (χ2v) is 9.52. The fourth-order valence-corrected chi connectivity index (χ4v) is 5.25. The summed E-state index contributed by atoms with van der Waals surface area (Å²) in [5, 5.41) is 3.40. The number of hydrogen-bond acceptors (Lipinski definition) is 3. The summed E-state index contributed by atoms with van der Waals surface area (Å²) in [5.74, 6) is 3.25. The minimum Gasteiger partial charge on any atom is -0.368 e. The van der Waals surface area contributed by atoms with Crippen LogP contribution in [0.25, 0.3) is 0 Å². The first-order valence-corrected chi connectivity index (χ1v) is 11.3. The van der Waals surface area contributed by atoms with E-state index in [0.717, 1.165) is 33.6 Å². The molecule has 0 radical (unpaired) electrons. The lowest BCUT2D eigenvalue weighted by atomic mass is 10.0. The normalized spacial score (nSPS) is 21.2. The zero-order valence-electron chi connectivity index (χ0n) is 14.3. The van der Waals surface area contributed by atoms with E-state index < -0.39 is 0 Å². The molecule has 1 aliphatic heterocycles. The van der Waals surface area contributed by atoms with Gasteiger partial charge in [-0.25, -0.2) is 0 Å². The Balaban J connectivity index is 1.58. The third-order valence-corrected chi connectivity index (χ3v) is 7.01. The number of aliphatic imine (C=N–C) groups is 1. The monoisotopic (exact) mass is 490 g/mol. The van der Waals surface area contributed by atoms with Gasteiger partial charge in [-0.3, -0.25) is 4.99 Å². The van der Waals surface area contributed by atoms with Gasteiger partial charge in [0.25, 0.3) is 0 Å². The van der Waals surface area contributed by atoms with Crippen molar-refractivity contribution in [1.29, 1.82) is 0 Å². The van der Waals surface area contributed by atoms with E-state index in [4.69, 9.17) is 0 Å². The predicted octanol–water partition coefficient (Wildman–Crippen LogP) is 6.14. The summed E-state index contributed by atoms with van der Waals surface area (Å²) in [4.78, 5) is 5.87.